The number of halogens is 2. The molecule has 0 radical (unpaired) electrons. The van der Waals surface area contributed by atoms with Gasteiger partial charge in [0.15, 0.2) is 0 Å². The Balaban J connectivity index is 0. The molecule has 0 fully saturated rings. The summed E-state index contributed by atoms with van der Waals surface area (Å²) < 4.78 is 0. The molecule has 0 heterocycles. The normalized spacial score (nSPS) is 8.22. The molecule has 0 aromatic carbocycles. The third-order valence-corrected chi connectivity index (χ3v) is 1.17. The van der Waals surface area contributed by atoms with Crippen molar-refractivity contribution in [2.75, 3.05) is 0 Å². The topological polar surface area (TPSA) is 17.1 Å². The largest absolute Gasteiger partial charge is 0.281 e. The molecule has 0 saturated carbocycles. The second kappa shape index (κ2) is 7.89. The number of rotatable bonds is 4. The Hall–Kier alpha value is -0.110. The van der Waals surface area contributed by atoms with E-state index in [-0.39, 0.29) is 9.95 Å². The third-order valence-electron chi connectivity index (χ3n) is 0.977. The lowest BCUT2D eigenvalue weighted by molar-refractivity contribution is -0.111. The van der Waals surface area contributed by atoms with Crippen molar-refractivity contribution in [3.05, 3.63) is 0 Å². The molecule has 0 atom stereocenters. The van der Waals surface area contributed by atoms with Crippen LogP contribution in [0.15, 0.2) is 0 Å². The van der Waals surface area contributed by atoms with Crippen molar-refractivity contribution in [2.24, 2.45) is 0 Å². The van der Waals surface area contributed by atoms with E-state index in [0.29, 0.717) is 6.42 Å². The van der Waals surface area contributed by atoms with Crippen molar-refractivity contribution in [1.82, 2.24) is 0 Å². The fourth-order valence-electron chi connectivity index (χ4n) is 0.514. The maximum Gasteiger partial charge on any atom is 0.221 e. The molecule has 0 aliphatic rings. The predicted octanol–water partition coefficient (Wildman–Crippen LogP) is 2.48. The maximum absolute atomic E-state index is 10.1. The fourth-order valence-corrected chi connectivity index (χ4v) is 0.648. The summed E-state index contributed by atoms with van der Waals surface area (Å²) in [6.07, 6.45) is 3.73. The van der Waals surface area contributed by atoms with Gasteiger partial charge in [0.05, 0.1) is 0 Å². The first kappa shape index (κ1) is 11.7. The van der Waals surface area contributed by atoms with Crippen molar-refractivity contribution >= 4 is 16.8 Å². The lowest BCUT2D eigenvalue weighted by Gasteiger charge is -1.89. The second-order valence-corrected chi connectivity index (χ2v) is 2.23. The van der Waals surface area contributed by atoms with Crippen molar-refractivity contribution < 1.29 is 9.50 Å². The molecule has 0 saturated heterocycles. The van der Waals surface area contributed by atoms with Gasteiger partial charge in [0, 0.05) is 6.42 Å². The Morgan fingerprint density at radius 1 is 1.44 bits per heavy atom. The van der Waals surface area contributed by atoms with Crippen LogP contribution in [0.5, 0.6) is 0 Å². The summed E-state index contributed by atoms with van der Waals surface area (Å²) in [4.78, 5) is 10.1. The number of hydrogen-bond acceptors (Lipinski definition) is 1. The van der Waals surface area contributed by atoms with Gasteiger partial charge in [-0.25, -0.2) is 0 Å². The highest BCUT2D eigenvalue weighted by molar-refractivity contribution is 6.63. The molecule has 0 rings (SSSR count). The quantitative estimate of drug-likeness (QED) is 0.449. The lowest BCUT2D eigenvalue weighted by atomic mass is 10.2. The van der Waals surface area contributed by atoms with Crippen LogP contribution < -0.4 is 0 Å². The molecule has 0 bridgehead atoms. The van der Waals surface area contributed by atoms with Crippen molar-refractivity contribution in [1.29, 1.82) is 0 Å². The molecule has 1 nitrogen and oxygen atoms in total. The summed E-state index contributed by atoms with van der Waals surface area (Å²) in [7, 11) is 0. The Kier molecular flexibility index (Phi) is 10.2. The van der Waals surface area contributed by atoms with Crippen LogP contribution in [0.4, 0.5) is 4.70 Å². The smallest absolute Gasteiger partial charge is 0.221 e. The van der Waals surface area contributed by atoms with Crippen LogP contribution in [0, 0.1) is 0 Å². The Labute approximate surface area is 59.8 Å². The van der Waals surface area contributed by atoms with E-state index >= 15 is 0 Å². The molecule has 56 valence electrons. The molecule has 0 unspecified atom stereocenters. The zero-order chi connectivity index (χ0) is 6.41. The average Bonchev–Trinajstić information content (AvgIpc) is 1.66. The van der Waals surface area contributed by atoms with Gasteiger partial charge in [-0.15, -0.1) is 0 Å². The molecular weight excluding hydrogens is 143 g/mol. The zero-order valence-electron chi connectivity index (χ0n) is 5.52. The molecule has 0 aromatic rings. The SMILES string of the molecule is CCCCCC(=O)Cl.F. The molecule has 0 amide bonds. The van der Waals surface area contributed by atoms with E-state index in [1.165, 1.54) is 0 Å². The highest BCUT2D eigenvalue weighted by Crippen LogP contribution is 2.00. The van der Waals surface area contributed by atoms with Crippen LogP contribution in [-0.2, 0) is 4.79 Å². The van der Waals surface area contributed by atoms with Crippen LogP contribution in [0.3, 0.4) is 0 Å². The molecule has 0 N–H and O–H groups in total. The summed E-state index contributed by atoms with van der Waals surface area (Å²) in [6, 6.07) is 0. The highest BCUT2D eigenvalue weighted by atomic mass is 35.5. The van der Waals surface area contributed by atoms with Gasteiger partial charge in [-0.3, -0.25) is 9.50 Å². The average molecular weight is 155 g/mol. The Morgan fingerprint density at radius 3 is 2.33 bits per heavy atom. The van der Waals surface area contributed by atoms with Gasteiger partial charge in [-0.1, -0.05) is 19.8 Å². The molecule has 3 heteroatoms. The minimum atomic E-state index is -0.210. The fraction of sp³-hybridized carbons (Fsp3) is 0.833. The monoisotopic (exact) mass is 154 g/mol. The summed E-state index contributed by atoms with van der Waals surface area (Å²) in [6.45, 7) is 2.10. The van der Waals surface area contributed by atoms with E-state index in [4.69, 9.17) is 11.6 Å². The van der Waals surface area contributed by atoms with E-state index in [0.717, 1.165) is 19.3 Å². The van der Waals surface area contributed by atoms with Gasteiger partial charge in [0.25, 0.3) is 0 Å². The number of unbranched alkanes of at least 4 members (excludes halogenated alkanes) is 2. The Bertz CT molecular complexity index is 75.5. The van der Waals surface area contributed by atoms with Crippen LogP contribution in [0.2, 0.25) is 0 Å². The summed E-state index contributed by atoms with van der Waals surface area (Å²) in [5.41, 5.74) is 0. The molecule has 9 heavy (non-hydrogen) atoms. The van der Waals surface area contributed by atoms with Crippen LogP contribution in [0.25, 0.3) is 0 Å². The number of carbonyl (C=O) groups is 1. The lowest BCUT2D eigenvalue weighted by Crippen LogP contribution is -1.84. The van der Waals surface area contributed by atoms with E-state index in [2.05, 4.69) is 6.92 Å². The molecule has 0 spiro atoms. The van der Waals surface area contributed by atoms with Gasteiger partial charge in [0.1, 0.15) is 0 Å². The van der Waals surface area contributed by atoms with Gasteiger partial charge in [-0.05, 0) is 18.0 Å². The summed E-state index contributed by atoms with van der Waals surface area (Å²) in [5.74, 6) is 0. The van der Waals surface area contributed by atoms with Crippen LogP contribution in [-0.4, -0.2) is 5.24 Å². The minimum Gasteiger partial charge on any atom is -0.281 e. The highest BCUT2D eigenvalue weighted by Gasteiger charge is 1.92. The van der Waals surface area contributed by atoms with Gasteiger partial charge in [0.2, 0.25) is 5.24 Å². The van der Waals surface area contributed by atoms with Gasteiger partial charge < -0.3 is 0 Å². The van der Waals surface area contributed by atoms with Crippen LogP contribution in [0.1, 0.15) is 32.6 Å². The summed E-state index contributed by atoms with van der Waals surface area (Å²) >= 11 is 5.07. The maximum atomic E-state index is 10.1. The van der Waals surface area contributed by atoms with E-state index in [9.17, 15) is 4.79 Å². The van der Waals surface area contributed by atoms with Crippen LogP contribution >= 0.6 is 11.6 Å². The summed E-state index contributed by atoms with van der Waals surface area (Å²) in [5, 5.41) is -0.210. The first-order valence-corrected chi connectivity index (χ1v) is 3.33. The third kappa shape index (κ3) is 11.4. The van der Waals surface area contributed by atoms with Crippen molar-refractivity contribution in [2.45, 2.75) is 32.6 Å². The van der Waals surface area contributed by atoms with Gasteiger partial charge >= 0.3 is 0 Å². The van der Waals surface area contributed by atoms with Gasteiger partial charge in [-0.2, -0.15) is 0 Å². The van der Waals surface area contributed by atoms with Crippen molar-refractivity contribution in [3.63, 3.8) is 0 Å². The number of hydrogen-bond donors (Lipinski definition) is 0. The molecular formula is C6H12ClFO. The first-order chi connectivity index (χ1) is 3.77. The first-order valence-electron chi connectivity index (χ1n) is 2.95. The molecule has 0 aromatic heterocycles. The van der Waals surface area contributed by atoms with E-state index in [1.54, 1.807) is 0 Å². The predicted molar refractivity (Wildman–Crippen MR) is 37.5 cm³/mol. The molecule has 0 aliphatic heterocycles. The number of carbonyl (C=O) groups excluding carboxylic acids is 1. The molecule has 0 aliphatic carbocycles. The minimum absolute atomic E-state index is 0. The second-order valence-electron chi connectivity index (χ2n) is 1.81. The van der Waals surface area contributed by atoms with E-state index in [1.807, 2.05) is 0 Å². The standard InChI is InChI=1S/C6H11ClO.FH/c1-2-3-4-5-6(7)8;/h2-5H2,1H3;1H. The van der Waals surface area contributed by atoms with Crippen molar-refractivity contribution in [3.8, 4) is 0 Å². The zero-order valence-corrected chi connectivity index (χ0v) is 6.28. The Morgan fingerprint density at radius 2 is 2.00 bits per heavy atom. The van der Waals surface area contributed by atoms with E-state index < -0.39 is 0 Å².